The maximum Gasteiger partial charge on any atom is 0.116 e. The summed E-state index contributed by atoms with van der Waals surface area (Å²) in [6.07, 6.45) is 0. The molecule has 15 heavy (non-hydrogen) atoms. The third kappa shape index (κ3) is 1.52. The quantitative estimate of drug-likeness (QED) is 0.659. The van der Waals surface area contributed by atoms with E-state index in [-0.39, 0.29) is 5.54 Å². The van der Waals surface area contributed by atoms with Crippen molar-refractivity contribution in [1.29, 1.82) is 0 Å². The van der Waals surface area contributed by atoms with Crippen molar-refractivity contribution in [3.05, 3.63) is 23.3 Å². The van der Waals surface area contributed by atoms with Crippen LogP contribution in [0, 0.1) is 13.8 Å². The van der Waals surface area contributed by atoms with Crippen molar-refractivity contribution >= 4 is 11.0 Å². The van der Waals surface area contributed by atoms with E-state index in [1.165, 1.54) is 11.1 Å². The molecule has 0 fully saturated rings. The van der Waals surface area contributed by atoms with Crippen LogP contribution in [0.2, 0.25) is 0 Å². The van der Waals surface area contributed by atoms with Crippen LogP contribution in [0.3, 0.4) is 0 Å². The van der Waals surface area contributed by atoms with Crippen LogP contribution in [0.15, 0.2) is 12.1 Å². The van der Waals surface area contributed by atoms with Crippen LogP contribution >= 0.6 is 0 Å². The summed E-state index contributed by atoms with van der Waals surface area (Å²) in [4.78, 5) is 0. The van der Waals surface area contributed by atoms with Crippen LogP contribution in [0.1, 0.15) is 31.9 Å². The van der Waals surface area contributed by atoms with Crippen molar-refractivity contribution in [2.24, 2.45) is 0 Å². The van der Waals surface area contributed by atoms with E-state index in [2.05, 4.69) is 57.1 Å². The zero-order valence-electron chi connectivity index (χ0n) is 10.00. The first-order valence-corrected chi connectivity index (χ1v) is 5.23. The normalized spacial score (nSPS) is 12.3. The molecule has 3 nitrogen and oxygen atoms in total. The maximum absolute atomic E-state index is 4.26. The predicted molar refractivity (Wildman–Crippen MR) is 62.0 cm³/mol. The smallest absolute Gasteiger partial charge is 0.116 e. The maximum atomic E-state index is 4.26. The number of hydrogen-bond acceptors (Lipinski definition) is 2. The van der Waals surface area contributed by atoms with Gasteiger partial charge in [-0.3, -0.25) is 0 Å². The van der Waals surface area contributed by atoms with E-state index in [0.29, 0.717) is 0 Å². The van der Waals surface area contributed by atoms with Crippen LogP contribution < -0.4 is 0 Å². The van der Waals surface area contributed by atoms with Crippen LogP contribution in [-0.2, 0) is 5.54 Å². The van der Waals surface area contributed by atoms with Gasteiger partial charge in [0.2, 0.25) is 0 Å². The molecule has 1 heterocycles. The molecular formula is C12H17N3. The second-order valence-electron chi connectivity index (χ2n) is 5.07. The van der Waals surface area contributed by atoms with Crippen molar-refractivity contribution < 1.29 is 0 Å². The van der Waals surface area contributed by atoms with Crippen LogP contribution in [0.5, 0.6) is 0 Å². The summed E-state index contributed by atoms with van der Waals surface area (Å²) in [6, 6.07) is 4.22. The van der Waals surface area contributed by atoms with Crippen molar-refractivity contribution in [1.82, 2.24) is 15.0 Å². The minimum atomic E-state index is -0.0205. The Morgan fingerprint density at radius 3 is 2.27 bits per heavy atom. The summed E-state index contributed by atoms with van der Waals surface area (Å²) in [5.74, 6) is 0. The molecule has 0 unspecified atom stereocenters. The fourth-order valence-electron chi connectivity index (χ4n) is 1.78. The van der Waals surface area contributed by atoms with Gasteiger partial charge in [0.15, 0.2) is 0 Å². The number of aromatic nitrogens is 3. The van der Waals surface area contributed by atoms with E-state index < -0.39 is 0 Å². The summed E-state index contributed by atoms with van der Waals surface area (Å²) >= 11 is 0. The molecular weight excluding hydrogens is 186 g/mol. The highest BCUT2D eigenvalue weighted by Gasteiger charge is 2.19. The van der Waals surface area contributed by atoms with Gasteiger partial charge >= 0.3 is 0 Å². The van der Waals surface area contributed by atoms with Crippen LogP contribution in [-0.4, -0.2) is 15.0 Å². The zero-order valence-corrected chi connectivity index (χ0v) is 10.00. The molecule has 0 N–H and O–H groups in total. The lowest BCUT2D eigenvalue weighted by atomic mass is 10.1. The number of nitrogens with zero attached hydrogens (tertiary/aromatic N) is 3. The third-order valence-corrected chi connectivity index (χ3v) is 2.64. The van der Waals surface area contributed by atoms with Crippen molar-refractivity contribution in [3.63, 3.8) is 0 Å². The molecule has 0 bridgehead atoms. The highest BCUT2D eigenvalue weighted by atomic mass is 15.4. The molecule has 3 heteroatoms. The van der Waals surface area contributed by atoms with E-state index in [1.807, 2.05) is 4.68 Å². The molecule has 0 saturated carbocycles. The van der Waals surface area contributed by atoms with E-state index in [4.69, 9.17) is 0 Å². The van der Waals surface area contributed by atoms with Gasteiger partial charge in [0.25, 0.3) is 0 Å². The summed E-state index contributed by atoms with van der Waals surface area (Å²) < 4.78 is 2.00. The molecule has 0 atom stereocenters. The Labute approximate surface area is 90.1 Å². The summed E-state index contributed by atoms with van der Waals surface area (Å²) in [7, 11) is 0. The van der Waals surface area contributed by atoms with Crippen LogP contribution in [0.25, 0.3) is 11.0 Å². The molecule has 1 aromatic carbocycles. The van der Waals surface area contributed by atoms with Gasteiger partial charge in [0, 0.05) is 0 Å². The van der Waals surface area contributed by atoms with Gasteiger partial charge in [0.1, 0.15) is 5.52 Å². The number of hydrogen-bond donors (Lipinski definition) is 0. The van der Waals surface area contributed by atoms with Gasteiger partial charge in [-0.15, -0.1) is 5.10 Å². The Hall–Kier alpha value is -1.38. The molecule has 0 saturated heterocycles. The standard InChI is InChI=1S/C12H17N3/c1-8-6-7-9(2)11-10(8)13-14-15(11)12(3,4)5/h6-7H,1-5H3. The van der Waals surface area contributed by atoms with Crippen molar-refractivity contribution in [3.8, 4) is 0 Å². The molecule has 0 radical (unpaired) electrons. The van der Waals surface area contributed by atoms with E-state index >= 15 is 0 Å². The summed E-state index contributed by atoms with van der Waals surface area (Å²) in [5.41, 5.74) is 4.57. The molecule has 2 rings (SSSR count). The van der Waals surface area contributed by atoms with E-state index in [0.717, 1.165) is 11.0 Å². The Bertz CT molecular complexity index is 503. The van der Waals surface area contributed by atoms with E-state index in [9.17, 15) is 0 Å². The molecule has 0 amide bonds. The van der Waals surface area contributed by atoms with Gasteiger partial charge in [0.05, 0.1) is 11.1 Å². The number of fused-ring (bicyclic) bond motifs is 1. The Morgan fingerprint density at radius 1 is 1.07 bits per heavy atom. The van der Waals surface area contributed by atoms with Crippen molar-refractivity contribution in [2.45, 2.75) is 40.2 Å². The van der Waals surface area contributed by atoms with Crippen molar-refractivity contribution in [2.75, 3.05) is 0 Å². The minimum Gasteiger partial charge on any atom is -0.239 e. The third-order valence-electron chi connectivity index (χ3n) is 2.64. The molecule has 0 spiro atoms. The first kappa shape index (κ1) is 10.1. The van der Waals surface area contributed by atoms with Gasteiger partial charge in [-0.2, -0.15) is 0 Å². The first-order chi connectivity index (χ1) is 6.91. The van der Waals surface area contributed by atoms with Gasteiger partial charge in [-0.25, -0.2) is 4.68 Å². The van der Waals surface area contributed by atoms with Gasteiger partial charge < -0.3 is 0 Å². The highest BCUT2D eigenvalue weighted by molar-refractivity contribution is 5.81. The molecule has 80 valence electrons. The molecule has 0 aliphatic rings. The minimum absolute atomic E-state index is 0.0205. The second kappa shape index (κ2) is 3.05. The summed E-state index contributed by atoms with van der Waals surface area (Å²) in [5, 5.41) is 8.51. The molecule has 1 aromatic heterocycles. The van der Waals surface area contributed by atoms with E-state index in [1.54, 1.807) is 0 Å². The Morgan fingerprint density at radius 2 is 1.67 bits per heavy atom. The average Bonchev–Trinajstić information content (AvgIpc) is 2.55. The molecule has 2 aromatic rings. The number of benzene rings is 1. The average molecular weight is 203 g/mol. The van der Waals surface area contributed by atoms with Crippen LogP contribution in [0.4, 0.5) is 0 Å². The Balaban J connectivity index is 2.85. The predicted octanol–water partition coefficient (Wildman–Crippen LogP) is 2.80. The van der Waals surface area contributed by atoms with Gasteiger partial charge in [-0.1, -0.05) is 17.3 Å². The molecule has 0 aliphatic carbocycles. The largest absolute Gasteiger partial charge is 0.239 e. The SMILES string of the molecule is Cc1ccc(C)c2c1nnn2C(C)(C)C. The first-order valence-electron chi connectivity index (χ1n) is 5.23. The lowest BCUT2D eigenvalue weighted by molar-refractivity contribution is 0.358. The molecule has 0 aliphatic heterocycles. The lowest BCUT2D eigenvalue weighted by Gasteiger charge is -2.20. The Kier molecular flexibility index (Phi) is 2.07. The topological polar surface area (TPSA) is 30.7 Å². The zero-order chi connectivity index (χ0) is 11.2. The monoisotopic (exact) mass is 203 g/mol. The van der Waals surface area contributed by atoms with Gasteiger partial charge in [-0.05, 0) is 45.7 Å². The highest BCUT2D eigenvalue weighted by Crippen LogP contribution is 2.24. The summed E-state index contributed by atoms with van der Waals surface area (Å²) in [6.45, 7) is 10.6. The number of rotatable bonds is 0. The lowest BCUT2D eigenvalue weighted by Crippen LogP contribution is -2.23. The number of aryl methyl sites for hydroxylation is 2. The fourth-order valence-corrected chi connectivity index (χ4v) is 1.78. The second-order valence-corrected chi connectivity index (χ2v) is 5.07. The fraction of sp³-hybridized carbons (Fsp3) is 0.500.